The number of anilines is 1. The number of halogens is 3. The van der Waals surface area contributed by atoms with E-state index in [4.69, 9.17) is 0 Å². The van der Waals surface area contributed by atoms with E-state index in [9.17, 15) is 22.8 Å². The van der Waals surface area contributed by atoms with Gasteiger partial charge in [0.2, 0.25) is 11.8 Å². The number of carbonyl (C=O) groups excluding carboxylic acids is 2. The number of carbonyl (C=O) groups is 2. The van der Waals surface area contributed by atoms with Crippen LogP contribution >= 0.6 is 11.8 Å². The van der Waals surface area contributed by atoms with Crippen molar-refractivity contribution < 1.29 is 22.8 Å². The molecule has 24 heavy (non-hydrogen) atoms. The van der Waals surface area contributed by atoms with Gasteiger partial charge >= 0.3 is 0 Å². The van der Waals surface area contributed by atoms with Crippen molar-refractivity contribution in [1.29, 1.82) is 0 Å². The van der Waals surface area contributed by atoms with Crippen molar-refractivity contribution in [2.75, 3.05) is 17.6 Å². The molecular formula is C16H13F3N2O2S. The van der Waals surface area contributed by atoms with Gasteiger partial charge in [-0.15, -0.1) is 11.8 Å². The van der Waals surface area contributed by atoms with Crippen LogP contribution in [0.3, 0.4) is 0 Å². The average Bonchev–Trinajstić information content (AvgIpc) is 2.55. The van der Waals surface area contributed by atoms with E-state index in [1.165, 1.54) is 12.1 Å². The van der Waals surface area contributed by atoms with E-state index in [-0.39, 0.29) is 18.0 Å². The second-order valence-corrected chi connectivity index (χ2v) is 5.69. The fraction of sp³-hybridized carbons (Fsp3) is 0.125. The Labute approximate surface area is 140 Å². The molecule has 126 valence electrons. The standard InChI is InChI=1S/C16H13F3N2O2S/c17-11-6-5-10(7-13(11)19)21-15(22)8-20-16(23)9-24-14-4-2-1-3-12(14)18/h1-7H,8-9H2,(H,20,23)(H,21,22). The molecule has 0 bridgehead atoms. The molecule has 2 N–H and O–H groups in total. The third-order valence-electron chi connectivity index (χ3n) is 2.84. The maximum Gasteiger partial charge on any atom is 0.243 e. The normalized spacial score (nSPS) is 10.3. The van der Waals surface area contributed by atoms with Crippen molar-refractivity contribution in [3.05, 3.63) is 59.9 Å². The van der Waals surface area contributed by atoms with Crippen molar-refractivity contribution in [2.45, 2.75) is 4.90 Å². The number of benzene rings is 2. The zero-order valence-electron chi connectivity index (χ0n) is 12.3. The van der Waals surface area contributed by atoms with E-state index < -0.39 is 29.3 Å². The Balaban J connectivity index is 1.76. The molecule has 8 heteroatoms. The van der Waals surface area contributed by atoms with Crippen LogP contribution in [0.5, 0.6) is 0 Å². The maximum atomic E-state index is 13.4. The van der Waals surface area contributed by atoms with E-state index in [0.717, 1.165) is 23.9 Å². The first kappa shape index (κ1) is 17.9. The van der Waals surface area contributed by atoms with E-state index in [1.807, 2.05) is 0 Å². The summed E-state index contributed by atoms with van der Waals surface area (Å²) in [5, 5.41) is 4.68. The van der Waals surface area contributed by atoms with Crippen LogP contribution < -0.4 is 10.6 Å². The number of nitrogens with one attached hydrogen (secondary N) is 2. The predicted molar refractivity (Wildman–Crippen MR) is 85.1 cm³/mol. The van der Waals surface area contributed by atoms with Gasteiger partial charge in [-0.05, 0) is 24.3 Å². The summed E-state index contributed by atoms with van der Waals surface area (Å²) in [6.07, 6.45) is 0. The van der Waals surface area contributed by atoms with Crippen molar-refractivity contribution in [2.24, 2.45) is 0 Å². The van der Waals surface area contributed by atoms with Crippen LogP contribution in [-0.4, -0.2) is 24.1 Å². The minimum absolute atomic E-state index is 0.0562. The summed E-state index contributed by atoms with van der Waals surface area (Å²) < 4.78 is 39.2. The molecule has 2 amide bonds. The van der Waals surface area contributed by atoms with E-state index in [1.54, 1.807) is 18.2 Å². The summed E-state index contributed by atoms with van der Waals surface area (Å²) in [5.41, 5.74) is 0.0777. The van der Waals surface area contributed by atoms with E-state index >= 15 is 0 Å². The Hall–Kier alpha value is -2.48. The first-order valence-corrected chi connectivity index (χ1v) is 7.83. The lowest BCUT2D eigenvalue weighted by molar-refractivity contribution is -0.122. The first-order chi connectivity index (χ1) is 11.5. The number of hydrogen-bond acceptors (Lipinski definition) is 3. The molecule has 0 saturated heterocycles. The van der Waals surface area contributed by atoms with Gasteiger partial charge in [-0.25, -0.2) is 13.2 Å². The lowest BCUT2D eigenvalue weighted by Gasteiger charge is -2.07. The second kappa shape index (κ2) is 8.39. The van der Waals surface area contributed by atoms with Crippen LogP contribution in [0, 0.1) is 17.5 Å². The van der Waals surface area contributed by atoms with Gasteiger partial charge in [-0.3, -0.25) is 9.59 Å². The molecule has 0 spiro atoms. The smallest absolute Gasteiger partial charge is 0.243 e. The Morgan fingerprint density at radius 2 is 1.67 bits per heavy atom. The minimum atomic E-state index is -1.09. The quantitative estimate of drug-likeness (QED) is 0.784. The van der Waals surface area contributed by atoms with Crippen molar-refractivity contribution in [1.82, 2.24) is 5.32 Å². The van der Waals surface area contributed by atoms with E-state index in [0.29, 0.717) is 4.90 Å². The predicted octanol–water partition coefficient (Wildman–Crippen LogP) is 2.95. The van der Waals surface area contributed by atoms with Crippen molar-refractivity contribution in [3.8, 4) is 0 Å². The number of thioether (sulfide) groups is 1. The Bertz CT molecular complexity index is 756. The average molecular weight is 354 g/mol. The molecule has 0 aliphatic rings. The highest BCUT2D eigenvalue weighted by Gasteiger charge is 2.09. The Morgan fingerprint density at radius 3 is 2.38 bits per heavy atom. The summed E-state index contributed by atoms with van der Waals surface area (Å²) in [6, 6.07) is 8.95. The summed E-state index contributed by atoms with van der Waals surface area (Å²) in [4.78, 5) is 23.6. The van der Waals surface area contributed by atoms with Gasteiger partial charge in [-0.2, -0.15) is 0 Å². The van der Waals surface area contributed by atoms with Gasteiger partial charge in [0.1, 0.15) is 5.82 Å². The highest BCUT2D eigenvalue weighted by Crippen LogP contribution is 2.20. The Kier molecular flexibility index (Phi) is 6.25. The van der Waals surface area contributed by atoms with Gasteiger partial charge in [0.15, 0.2) is 11.6 Å². The van der Waals surface area contributed by atoms with Crippen LogP contribution in [-0.2, 0) is 9.59 Å². The fourth-order valence-corrected chi connectivity index (χ4v) is 2.48. The molecule has 0 fully saturated rings. The summed E-state index contributed by atoms with van der Waals surface area (Å²) in [7, 11) is 0. The molecule has 2 aromatic carbocycles. The highest BCUT2D eigenvalue weighted by molar-refractivity contribution is 8.00. The monoisotopic (exact) mass is 354 g/mol. The number of amides is 2. The molecule has 0 aromatic heterocycles. The summed E-state index contributed by atoms with van der Waals surface area (Å²) in [6.45, 7) is -0.338. The molecule has 0 unspecified atom stereocenters. The molecule has 0 aliphatic heterocycles. The van der Waals surface area contributed by atoms with Gasteiger partial charge in [0.25, 0.3) is 0 Å². The molecule has 0 atom stereocenters. The van der Waals surface area contributed by atoms with Crippen molar-refractivity contribution >= 4 is 29.3 Å². The first-order valence-electron chi connectivity index (χ1n) is 6.84. The van der Waals surface area contributed by atoms with Gasteiger partial charge in [0, 0.05) is 16.6 Å². The van der Waals surface area contributed by atoms with E-state index in [2.05, 4.69) is 10.6 Å². The largest absolute Gasteiger partial charge is 0.346 e. The highest BCUT2D eigenvalue weighted by atomic mass is 32.2. The molecule has 0 saturated carbocycles. The topological polar surface area (TPSA) is 58.2 Å². The summed E-state index contributed by atoms with van der Waals surface area (Å²) >= 11 is 1.00. The molecular weight excluding hydrogens is 341 g/mol. The molecule has 2 aromatic rings. The van der Waals surface area contributed by atoms with Crippen LogP contribution in [0.4, 0.5) is 18.9 Å². The number of hydrogen-bond donors (Lipinski definition) is 2. The molecule has 0 aliphatic carbocycles. The number of rotatable bonds is 6. The van der Waals surface area contributed by atoms with Crippen LogP contribution in [0.2, 0.25) is 0 Å². The van der Waals surface area contributed by atoms with Gasteiger partial charge in [-0.1, -0.05) is 12.1 Å². The third-order valence-corrected chi connectivity index (χ3v) is 3.89. The Morgan fingerprint density at radius 1 is 0.917 bits per heavy atom. The van der Waals surface area contributed by atoms with Crippen LogP contribution in [0.25, 0.3) is 0 Å². The molecule has 0 radical (unpaired) electrons. The third kappa shape index (κ3) is 5.31. The van der Waals surface area contributed by atoms with Crippen LogP contribution in [0.15, 0.2) is 47.4 Å². The minimum Gasteiger partial charge on any atom is -0.346 e. The van der Waals surface area contributed by atoms with Crippen LogP contribution in [0.1, 0.15) is 0 Å². The zero-order valence-corrected chi connectivity index (χ0v) is 13.1. The van der Waals surface area contributed by atoms with Gasteiger partial charge < -0.3 is 10.6 Å². The lowest BCUT2D eigenvalue weighted by Crippen LogP contribution is -2.33. The summed E-state index contributed by atoms with van der Waals surface area (Å²) in [5.74, 6) is -3.63. The lowest BCUT2D eigenvalue weighted by atomic mass is 10.3. The zero-order chi connectivity index (χ0) is 17.5. The SMILES string of the molecule is O=C(CSc1ccccc1F)NCC(=O)Nc1ccc(F)c(F)c1. The fourth-order valence-electron chi connectivity index (χ4n) is 1.71. The molecule has 4 nitrogen and oxygen atoms in total. The van der Waals surface area contributed by atoms with Gasteiger partial charge in [0.05, 0.1) is 12.3 Å². The van der Waals surface area contributed by atoms with Crippen molar-refractivity contribution in [3.63, 3.8) is 0 Å². The second-order valence-electron chi connectivity index (χ2n) is 4.67. The molecule has 2 rings (SSSR count). The molecule has 0 heterocycles. The maximum absolute atomic E-state index is 13.4.